The molecule has 0 heteroatoms. The maximum absolute atomic E-state index is 2.49. The summed E-state index contributed by atoms with van der Waals surface area (Å²) in [5.74, 6) is 0.663. The Morgan fingerprint density at radius 2 is 0.698 bits per heavy atom. The maximum atomic E-state index is 2.49. The first-order valence-electron chi connectivity index (χ1n) is 22.6. The molecule has 0 saturated carbocycles. The van der Waals surface area contributed by atoms with Gasteiger partial charge in [-0.15, -0.1) is 0 Å². The first-order valence-corrected chi connectivity index (χ1v) is 22.6. The summed E-state index contributed by atoms with van der Waals surface area (Å²) in [5, 5.41) is 0. The van der Waals surface area contributed by atoms with Crippen molar-refractivity contribution in [1.82, 2.24) is 0 Å². The fourth-order valence-corrected chi connectivity index (χ4v) is 14.0. The van der Waals surface area contributed by atoms with E-state index in [0.717, 1.165) is 6.42 Å². The van der Waals surface area contributed by atoms with E-state index in [1.54, 1.807) is 0 Å². The van der Waals surface area contributed by atoms with Gasteiger partial charge in [-0.05, 0) is 129 Å². The predicted octanol–water partition coefficient (Wildman–Crippen LogP) is 15.1. The molecule has 0 aliphatic heterocycles. The van der Waals surface area contributed by atoms with Crippen LogP contribution in [0.25, 0.3) is 66.8 Å². The molecule has 0 saturated heterocycles. The van der Waals surface area contributed by atoms with E-state index in [0.29, 0.717) is 11.8 Å². The molecule has 2 spiro atoms. The molecule has 292 valence electrons. The summed E-state index contributed by atoms with van der Waals surface area (Å²) in [4.78, 5) is 0. The van der Waals surface area contributed by atoms with Gasteiger partial charge in [-0.1, -0.05) is 218 Å². The van der Waals surface area contributed by atoms with Crippen LogP contribution in [0.4, 0.5) is 0 Å². The molecule has 0 bridgehead atoms. The van der Waals surface area contributed by atoms with Crippen LogP contribution < -0.4 is 0 Å². The first-order chi connectivity index (χ1) is 31.3. The lowest BCUT2D eigenvalue weighted by Gasteiger charge is -2.36. The van der Waals surface area contributed by atoms with E-state index in [1.165, 1.54) is 122 Å². The number of hydrogen-bond donors (Lipinski definition) is 0. The van der Waals surface area contributed by atoms with Crippen LogP contribution in [0.2, 0.25) is 0 Å². The van der Waals surface area contributed by atoms with Crippen molar-refractivity contribution in [2.45, 2.75) is 23.2 Å². The summed E-state index contributed by atoms with van der Waals surface area (Å²) in [6, 6.07) is 74.5. The molecule has 0 N–H and O–H groups in total. The van der Waals surface area contributed by atoms with E-state index in [1.807, 2.05) is 0 Å². The Morgan fingerprint density at radius 1 is 0.302 bits per heavy atom. The van der Waals surface area contributed by atoms with Crippen molar-refractivity contribution in [3.63, 3.8) is 0 Å². The van der Waals surface area contributed by atoms with Gasteiger partial charge in [0.25, 0.3) is 0 Å². The van der Waals surface area contributed by atoms with Gasteiger partial charge < -0.3 is 0 Å². The van der Waals surface area contributed by atoms with Gasteiger partial charge in [-0.3, -0.25) is 0 Å². The van der Waals surface area contributed by atoms with Gasteiger partial charge in [-0.2, -0.15) is 0 Å². The minimum atomic E-state index is -0.367. The van der Waals surface area contributed by atoms with Crippen molar-refractivity contribution in [3.05, 3.63) is 274 Å². The zero-order valence-electron chi connectivity index (χ0n) is 34.6. The Bertz CT molecular complexity index is 3530. The van der Waals surface area contributed by atoms with Gasteiger partial charge in [0.15, 0.2) is 0 Å². The van der Waals surface area contributed by atoms with Crippen molar-refractivity contribution >= 4 is 0 Å². The minimum absolute atomic E-state index is 0.250. The van der Waals surface area contributed by atoms with Crippen LogP contribution in [0, 0.1) is 5.92 Å². The largest absolute Gasteiger partial charge is 0.0789 e. The molecule has 3 unspecified atom stereocenters. The Kier molecular flexibility index (Phi) is 6.54. The zero-order valence-corrected chi connectivity index (χ0v) is 34.6. The standard InChI is InChI=1S/C63H40/c1-7-29-52-42(17-1)43-18-2-8-30-53(43)62(52)56-33-11-5-21-48(56)60-46(27-15-35-58(60)62)40-25-13-23-38-39-24-14-26-41(51(39)37-50(38)40)47-28-16-36-59-61(47)49-22-6-12-34-57(49)63(59)54-31-9-3-19-44(54)45-20-4-10-32-55(45)63/h1-36,42,52H,37H2. The van der Waals surface area contributed by atoms with Gasteiger partial charge in [0.2, 0.25) is 0 Å². The van der Waals surface area contributed by atoms with Gasteiger partial charge >= 0.3 is 0 Å². The van der Waals surface area contributed by atoms with Gasteiger partial charge in [0.05, 0.1) is 10.8 Å². The molecule has 3 atom stereocenters. The van der Waals surface area contributed by atoms with Crippen LogP contribution in [0.15, 0.2) is 218 Å². The summed E-state index contributed by atoms with van der Waals surface area (Å²) in [7, 11) is 0. The highest BCUT2D eigenvalue weighted by molar-refractivity contribution is 6.03. The highest BCUT2D eigenvalue weighted by Gasteiger charge is 2.57. The Hall–Kier alpha value is -7.54. The van der Waals surface area contributed by atoms with Crippen molar-refractivity contribution in [1.29, 1.82) is 0 Å². The molecule has 6 aliphatic carbocycles. The lowest BCUT2D eigenvalue weighted by molar-refractivity contribution is 0.465. The van der Waals surface area contributed by atoms with Crippen LogP contribution in [-0.2, 0) is 17.3 Å². The second kappa shape index (κ2) is 12.1. The first kappa shape index (κ1) is 34.1. The quantitative estimate of drug-likeness (QED) is 0.163. The molecule has 0 heterocycles. The van der Waals surface area contributed by atoms with E-state index in [-0.39, 0.29) is 10.8 Å². The minimum Gasteiger partial charge on any atom is -0.0789 e. The monoisotopic (exact) mass is 796 g/mol. The molecule has 0 amide bonds. The molecule has 6 aliphatic rings. The molecule has 0 radical (unpaired) electrons. The Morgan fingerprint density at radius 3 is 1.33 bits per heavy atom. The molecule has 15 rings (SSSR count). The number of benzene rings is 9. The molecule has 9 aromatic carbocycles. The normalized spacial score (nSPS) is 19.7. The zero-order chi connectivity index (χ0) is 41.0. The van der Waals surface area contributed by atoms with Crippen molar-refractivity contribution in [3.8, 4) is 66.8 Å². The van der Waals surface area contributed by atoms with E-state index in [9.17, 15) is 0 Å². The van der Waals surface area contributed by atoms with Crippen LogP contribution in [-0.4, -0.2) is 0 Å². The van der Waals surface area contributed by atoms with Crippen molar-refractivity contribution in [2.75, 3.05) is 0 Å². The van der Waals surface area contributed by atoms with E-state index < -0.39 is 0 Å². The lowest BCUT2D eigenvalue weighted by Crippen LogP contribution is -2.32. The number of allylic oxidation sites excluding steroid dienone is 4. The average molecular weight is 797 g/mol. The third kappa shape index (κ3) is 3.96. The molecular weight excluding hydrogens is 757 g/mol. The summed E-state index contributed by atoms with van der Waals surface area (Å²) in [6.45, 7) is 0. The van der Waals surface area contributed by atoms with Crippen LogP contribution >= 0.6 is 0 Å². The van der Waals surface area contributed by atoms with Gasteiger partial charge in [0.1, 0.15) is 0 Å². The fourth-order valence-electron chi connectivity index (χ4n) is 14.0. The van der Waals surface area contributed by atoms with Gasteiger partial charge in [-0.25, -0.2) is 0 Å². The third-order valence-electron chi connectivity index (χ3n) is 16.1. The van der Waals surface area contributed by atoms with Crippen LogP contribution in [0.1, 0.15) is 61.6 Å². The summed E-state index contributed by atoms with van der Waals surface area (Å²) >= 11 is 0. The summed E-state index contributed by atoms with van der Waals surface area (Å²) in [6.07, 6.45) is 10.3. The molecule has 0 nitrogen and oxygen atoms in total. The van der Waals surface area contributed by atoms with Crippen LogP contribution in [0.5, 0.6) is 0 Å². The average Bonchev–Trinajstić information content (AvgIpc) is 4.13. The fraction of sp³-hybridized carbons (Fsp3) is 0.0794. The molecule has 0 fully saturated rings. The van der Waals surface area contributed by atoms with E-state index in [4.69, 9.17) is 0 Å². The van der Waals surface area contributed by atoms with Gasteiger partial charge in [0, 0.05) is 11.8 Å². The molecule has 63 heavy (non-hydrogen) atoms. The predicted molar refractivity (Wildman–Crippen MR) is 258 cm³/mol. The lowest BCUT2D eigenvalue weighted by atomic mass is 9.65. The third-order valence-corrected chi connectivity index (χ3v) is 16.1. The highest BCUT2D eigenvalue weighted by Crippen LogP contribution is 2.67. The number of hydrogen-bond acceptors (Lipinski definition) is 0. The maximum Gasteiger partial charge on any atom is 0.0725 e. The molecule has 9 aromatic rings. The van der Waals surface area contributed by atoms with E-state index in [2.05, 4.69) is 218 Å². The second-order valence-corrected chi connectivity index (χ2v) is 18.4. The van der Waals surface area contributed by atoms with Crippen LogP contribution in [0.3, 0.4) is 0 Å². The van der Waals surface area contributed by atoms with Crippen molar-refractivity contribution < 1.29 is 0 Å². The topological polar surface area (TPSA) is 0 Å². The number of rotatable bonds is 2. The van der Waals surface area contributed by atoms with Crippen molar-refractivity contribution in [2.24, 2.45) is 5.92 Å². The SMILES string of the molecule is C1=CC2c3ccccc3C3(c4ccccc4-c4c(-c5cccc6c5Cc5c-6cccc5-c5cccc6c5-c5ccccc5C65c6ccccc6-c6ccccc65)cccc43)C2C=C1. The smallest absolute Gasteiger partial charge is 0.0725 e. The Balaban J connectivity index is 0.925. The van der Waals surface area contributed by atoms with E-state index >= 15 is 0 Å². The molecular formula is C63H40. The summed E-state index contributed by atoms with van der Waals surface area (Å²) in [5.41, 5.74) is 29.8. The number of fused-ring (bicyclic) bond motifs is 23. The second-order valence-electron chi connectivity index (χ2n) is 18.4. The highest BCUT2D eigenvalue weighted by atomic mass is 14.6. The molecule has 0 aromatic heterocycles. The summed E-state index contributed by atoms with van der Waals surface area (Å²) < 4.78 is 0. The Labute approximate surface area is 368 Å².